The third kappa shape index (κ3) is 4.97. The zero-order chi connectivity index (χ0) is 19.1. The van der Waals surface area contributed by atoms with E-state index in [1.165, 1.54) is 32.2 Å². The van der Waals surface area contributed by atoms with Crippen molar-refractivity contribution in [2.45, 2.75) is 6.92 Å². The van der Waals surface area contributed by atoms with Crippen LogP contribution in [-0.2, 0) is 14.3 Å². The lowest BCUT2D eigenvalue weighted by molar-refractivity contribution is -0.119. The van der Waals surface area contributed by atoms with Crippen molar-refractivity contribution >= 4 is 29.2 Å². The molecule has 2 amide bonds. The molecule has 0 unspecified atom stereocenters. The maximum atomic E-state index is 12.0. The first-order chi connectivity index (χ1) is 12.4. The monoisotopic (exact) mass is 358 g/mol. The number of nitrogens with one attached hydrogen (secondary N) is 2. The molecule has 0 spiro atoms. The van der Waals surface area contributed by atoms with Crippen LogP contribution in [0.25, 0.3) is 0 Å². The summed E-state index contributed by atoms with van der Waals surface area (Å²) >= 11 is 0. The van der Waals surface area contributed by atoms with E-state index in [0.717, 1.165) is 0 Å². The molecule has 0 aromatic heterocycles. The Bertz CT molecular complexity index is 817. The molecule has 0 aliphatic heterocycles. The van der Waals surface area contributed by atoms with E-state index in [0.29, 0.717) is 11.4 Å². The highest BCUT2D eigenvalue weighted by atomic mass is 16.5. The van der Waals surface area contributed by atoms with Gasteiger partial charge in [-0.2, -0.15) is 0 Å². The van der Waals surface area contributed by atoms with Crippen LogP contribution in [0.2, 0.25) is 0 Å². The molecule has 2 aromatic carbocycles. The molecule has 3 N–H and O–H groups in total. The Balaban J connectivity index is 1.90. The summed E-state index contributed by atoms with van der Waals surface area (Å²) < 4.78 is 9.81. The summed E-state index contributed by atoms with van der Waals surface area (Å²) in [5.74, 6) is -1.82. The van der Waals surface area contributed by atoms with Crippen LogP contribution >= 0.6 is 0 Å². The Morgan fingerprint density at radius 3 is 2.19 bits per heavy atom. The second-order valence-electron chi connectivity index (χ2n) is 5.24. The van der Waals surface area contributed by atoms with Crippen molar-refractivity contribution < 1.29 is 29.0 Å². The number of phenols is 1. The van der Waals surface area contributed by atoms with Crippen LogP contribution in [-0.4, -0.2) is 36.6 Å². The summed E-state index contributed by atoms with van der Waals surface area (Å²) in [6.07, 6.45) is 0. The molecule has 26 heavy (non-hydrogen) atoms. The van der Waals surface area contributed by atoms with E-state index in [2.05, 4.69) is 10.6 Å². The summed E-state index contributed by atoms with van der Waals surface area (Å²) in [5, 5.41) is 15.0. The molecule has 0 heterocycles. The van der Waals surface area contributed by atoms with Crippen molar-refractivity contribution in [3.05, 3.63) is 48.0 Å². The number of para-hydroxylation sites is 1. The number of carbonyl (C=O) groups is 3. The van der Waals surface area contributed by atoms with Crippen molar-refractivity contribution in [2.24, 2.45) is 0 Å². The van der Waals surface area contributed by atoms with Gasteiger partial charge >= 0.3 is 5.97 Å². The van der Waals surface area contributed by atoms with Gasteiger partial charge in [0.05, 0.1) is 7.11 Å². The molecule has 2 rings (SSSR count). The largest absolute Gasteiger partial charge is 0.504 e. The number of hydrogen-bond donors (Lipinski definition) is 3. The minimum Gasteiger partial charge on any atom is -0.504 e. The maximum Gasteiger partial charge on any atom is 0.342 e. The van der Waals surface area contributed by atoms with Crippen molar-refractivity contribution in [1.29, 1.82) is 0 Å². The normalized spacial score (nSPS) is 9.92. The van der Waals surface area contributed by atoms with Gasteiger partial charge in [0.2, 0.25) is 5.91 Å². The lowest BCUT2D eigenvalue weighted by atomic mass is 10.2. The number of carbonyl (C=O) groups excluding carboxylic acids is 3. The molecule has 136 valence electrons. The first-order valence-corrected chi connectivity index (χ1v) is 7.61. The minimum absolute atomic E-state index is 0.100. The number of ether oxygens (including phenoxy) is 2. The number of esters is 1. The van der Waals surface area contributed by atoms with Crippen LogP contribution in [0, 0.1) is 0 Å². The molecule has 0 aliphatic rings. The zero-order valence-electron chi connectivity index (χ0n) is 14.2. The van der Waals surface area contributed by atoms with E-state index < -0.39 is 18.5 Å². The van der Waals surface area contributed by atoms with Crippen molar-refractivity contribution in [3.63, 3.8) is 0 Å². The lowest BCUT2D eigenvalue weighted by Crippen LogP contribution is -2.21. The number of benzene rings is 2. The smallest absolute Gasteiger partial charge is 0.342 e. The maximum absolute atomic E-state index is 12.0. The predicted molar refractivity (Wildman–Crippen MR) is 94.3 cm³/mol. The second-order valence-corrected chi connectivity index (χ2v) is 5.24. The summed E-state index contributed by atoms with van der Waals surface area (Å²) in [5.41, 5.74) is 0.969. The van der Waals surface area contributed by atoms with Gasteiger partial charge in [-0.15, -0.1) is 0 Å². The van der Waals surface area contributed by atoms with Gasteiger partial charge in [-0.1, -0.05) is 6.07 Å². The van der Waals surface area contributed by atoms with E-state index in [1.54, 1.807) is 24.3 Å². The molecule has 0 bridgehead atoms. The molecular formula is C18H18N2O6. The molecule has 0 saturated carbocycles. The fraction of sp³-hybridized carbons (Fsp3) is 0.167. The highest BCUT2D eigenvalue weighted by Gasteiger charge is 2.17. The standard InChI is InChI=1S/C18H18N2O6/c1-11(21)19-12-6-8-13(9-7-12)20-16(22)10-26-18(24)14-4-3-5-15(25-2)17(14)23/h3-9,23H,10H2,1-2H3,(H,19,21)(H,20,22). The number of aromatic hydroxyl groups is 1. The number of anilines is 2. The Morgan fingerprint density at radius 1 is 1.00 bits per heavy atom. The molecule has 0 saturated heterocycles. The zero-order valence-corrected chi connectivity index (χ0v) is 14.2. The first kappa shape index (κ1) is 18.8. The highest BCUT2D eigenvalue weighted by molar-refractivity contribution is 5.97. The van der Waals surface area contributed by atoms with Crippen molar-refractivity contribution in [3.8, 4) is 11.5 Å². The molecule has 8 heteroatoms. The molecule has 8 nitrogen and oxygen atoms in total. The Kier molecular flexibility index (Phi) is 6.15. The number of rotatable bonds is 6. The average molecular weight is 358 g/mol. The van der Waals surface area contributed by atoms with Crippen LogP contribution in [0.5, 0.6) is 11.5 Å². The number of amides is 2. The van der Waals surface area contributed by atoms with E-state index >= 15 is 0 Å². The molecular weight excluding hydrogens is 340 g/mol. The van der Waals surface area contributed by atoms with Crippen LogP contribution in [0.1, 0.15) is 17.3 Å². The predicted octanol–water partition coefficient (Wildman–Crippen LogP) is 2.15. The summed E-state index contributed by atoms with van der Waals surface area (Å²) in [4.78, 5) is 34.8. The Hall–Kier alpha value is -3.55. The summed E-state index contributed by atoms with van der Waals surface area (Å²) in [6, 6.07) is 10.8. The first-order valence-electron chi connectivity index (χ1n) is 7.61. The van der Waals surface area contributed by atoms with Crippen molar-refractivity contribution in [1.82, 2.24) is 0 Å². The molecule has 2 aromatic rings. The highest BCUT2D eigenvalue weighted by Crippen LogP contribution is 2.29. The average Bonchev–Trinajstić information content (AvgIpc) is 2.61. The lowest BCUT2D eigenvalue weighted by Gasteiger charge is -2.10. The summed E-state index contributed by atoms with van der Waals surface area (Å²) in [7, 11) is 1.36. The van der Waals surface area contributed by atoms with Gasteiger partial charge in [-0.3, -0.25) is 9.59 Å². The van der Waals surface area contributed by atoms with Gasteiger partial charge < -0.3 is 25.2 Å². The number of phenolic OH excluding ortho intramolecular Hbond substituents is 1. The molecule has 0 aliphatic carbocycles. The Labute approximate surface area is 149 Å². The van der Waals surface area contributed by atoms with Crippen molar-refractivity contribution in [2.75, 3.05) is 24.4 Å². The van der Waals surface area contributed by atoms with Gasteiger partial charge in [0.1, 0.15) is 5.56 Å². The fourth-order valence-electron chi connectivity index (χ4n) is 2.10. The van der Waals surface area contributed by atoms with Gasteiger partial charge in [0.25, 0.3) is 5.91 Å². The quantitative estimate of drug-likeness (QED) is 0.682. The van der Waals surface area contributed by atoms with Gasteiger partial charge in [-0.05, 0) is 36.4 Å². The molecule has 0 atom stereocenters. The molecule has 0 radical (unpaired) electrons. The fourth-order valence-corrected chi connectivity index (χ4v) is 2.10. The van der Waals surface area contributed by atoms with Gasteiger partial charge in [-0.25, -0.2) is 4.79 Å². The topological polar surface area (TPSA) is 114 Å². The Morgan fingerprint density at radius 2 is 1.62 bits per heavy atom. The minimum atomic E-state index is -0.849. The molecule has 0 fully saturated rings. The number of hydrogen-bond acceptors (Lipinski definition) is 6. The number of methoxy groups -OCH3 is 1. The SMILES string of the molecule is COc1cccc(C(=O)OCC(=O)Nc2ccc(NC(C)=O)cc2)c1O. The van der Waals surface area contributed by atoms with E-state index in [1.807, 2.05) is 0 Å². The third-order valence-corrected chi connectivity index (χ3v) is 3.26. The van der Waals surface area contributed by atoms with Crippen LogP contribution in [0.3, 0.4) is 0 Å². The van der Waals surface area contributed by atoms with Crippen LogP contribution in [0.15, 0.2) is 42.5 Å². The van der Waals surface area contributed by atoms with Crippen LogP contribution in [0.4, 0.5) is 11.4 Å². The summed E-state index contributed by atoms with van der Waals surface area (Å²) in [6.45, 7) is 0.868. The van der Waals surface area contributed by atoms with E-state index in [-0.39, 0.29) is 23.0 Å². The third-order valence-electron chi connectivity index (χ3n) is 3.26. The van der Waals surface area contributed by atoms with Gasteiger partial charge in [0.15, 0.2) is 18.1 Å². The second kappa shape index (κ2) is 8.52. The van der Waals surface area contributed by atoms with E-state index in [4.69, 9.17) is 9.47 Å². The van der Waals surface area contributed by atoms with Gasteiger partial charge in [0, 0.05) is 18.3 Å². The van der Waals surface area contributed by atoms with E-state index in [9.17, 15) is 19.5 Å². The van der Waals surface area contributed by atoms with Crippen LogP contribution < -0.4 is 15.4 Å².